The van der Waals surface area contributed by atoms with E-state index in [1.54, 1.807) is 48.5 Å². The summed E-state index contributed by atoms with van der Waals surface area (Å²) in [5.41, 5.74) is 0.0149. The molecule has 0 aromatic heterocycles. The van der Waals surface area contributed by atoms with Crippen molar-refractivity contribution in [3.05, 3.63) is 71.8 Å². The number of carbonyl (C=O) groups is 6. The molecule has 0 amide bonds. The van der Waals surface area contributed by atoms with Crippen molar-refractivity contribution in [2.24, 2.45) is 33.5 Å². The standard InChI is InChI=1S/2C19H20O5/c1-11(20)23-16-13(21)10-14-18(2)15(8-9-19(14,16)18)24-17(22)12-6-4-3-5-7-12;1-11(20)23-15-13(21)10-19-9-8-14(18(19,2)16(15)19)24-17(22)12-6-4-3-5-7-12/h2*3-7,14-16H,8-10H2,1-2H3/t14-,15-,16+,18+,19?;14-,15-,16-,18-,19?/m00/s1. The average molecular weight is 657 g/mol. The van der Waals surface area contributed by atoms with Crippen LogP contribution in [0.2, 0.25) is 0 Å². The fourth-order valence-electron chi connectivity index (χ4n) is 10.7. The number of rotatable bonds is 6. The van der Waals surface area contributed by atoms with Gasteiger partial charge in [-0.25, -0.2) is 9.59 Å². The topological polar surface area (TPSA) is 139 Å². The lowest BCUT2D eigenvalue weighted by molar-refractivity contribution is -0.156. The molecule has 48 heavy (non-hydrogen) atoms. The van der Waals surface area contributed by atoms with Crippen molar-refractivity contribution in [2.45, 2.75) is 90.6 Å². The molecular formula is C38H40O10. The Morgan fingerprint density at radius 1 is 0.667 bits per heavy atom. The highest BCUT2D eigenvalue weighted by atomic mass is 16.6. The zero-order chi connectivity index (χ0) is 34.2. The molecule has 10 atom stereocenters. The Morgan fingerprint density at radius 3 is 1.73 bits per heavy atom. The van der Waals surface area contributed by atoms with Gasteiger partial charge in [-0.3, -0.25) is 19.2 Å². The van der Waals surface area contributed by atoms with Crippen LogP contribution in [0.4, 0.5) is 0 Å². The lowest BCUT2D eigenvalue weighted by Gasteiger charge is -2.26. The van der Waals surface area contributed by atoms with Gasteiger partial charge in [-0.2, -0.15) is 0 Å². The molecule has 252 valence electrons. The van der Waals surface area contributed by atoms with Gasteiger partial charge in [0.2, 0.25) is 0 Å². The highest BCUT2D eigenvalue weighted by Crippen LogP contribution is 2.84. The minimum absolute atomic E-state index is 0.00251. The van der Waals surface area contributed by atoms with E-state index in [0.717, 1.165) is 19.3 Å². The van der Waals surface area contributed by atoms with Crippen LogP contribution in [-0.4, -0.2) is 59.9 Å². The van der Waals surface area contributed by atoms with E-state index in [1.165, 1.54) is 13.8 Å². The number of ketones is 2. The van der Waals surface area contributed by atoms with E-state index in [9.17, 15) is 28.8 Å². The monoisotopic (exact) mass is 656 g/mol. The highest BCUT2D eigenvalue weighted by molar-refractivity contribution is 5.93. The Hall–Kier alpha value is -4.34. The summed E-state index contributed by atoms with van der Waals surface area (Å²) in [6.45, 7) is 6.79. The second kappa shape index (κ2) is 11.1. The minimum Gasteiger partial charge on any atom is -0.458 e. The zero-order valence-electron chi connectivity index (χ0n) is 27.6. The second-order valence-corrected chi connectivity index (χ2v) is 14.7. The Kier molecular flexibility index (Phi) is 7.45. The minimum atomic E-state index is -0.676. The van der Waals surface area contributed by atoms with Crippen molar-refractivity contribution in [3.8, 4) is 0 Å². The zero-order valence-corrected chi connectivity index (χ0v) is 27.6. The predicted octanol–water partition coefficient (Wildman–Crippen LogP) is 5.07. The average Bonchev–Trinajstić information content (AvgIpc) is 3.36. The Balaban J connectivity index is 0.000000152. The number of Topliss-reactive ketones (excluding diaryl/α,β-unsaturated/α-hetero) is 2. The van der Waals surface area contributed by atoms with Gasteiger partial charge in [0.05, 0.1) is 11.1 Å². The third-order valence-electron chi connectivity index (χ3n) is 12.9. The molecule has 10 nitrogen and oxygen atoms in total. The van der Waals surface area contributed by atoms with E-state index in [-0.39, 0.29) is 69.2 Å². The third kappa shape index (κ3) is 4.43. The summed E-state index contributed by atoms with van der Waals surface area (Å²) >= 11 is 0. The van der Waals surface area contributed by atoms with Gasteiger partial charge in [-0.15, -0.1) is 0 Å². The van der Waals surface area contributed by atoms with Crippen LogP contribution in [0, 0.1) is 33.5 Å². The molecule has 2 aromatic rings. The number of hydrogen-bond donors (Lipinski definition) is 0. The number of esters is 4. The van der Waals surface area contributed by atoms with Gasteiger partial charge in [0.15, 0.2) is 23.8 Å². The van der Waals surface area contributed by atoms with Crippen molar-refractivity contribution in [3.63, 3.8) is 0 Å². The van der Waals surface area contributed by atoms with Crippen LogP contribution in [-0.2, 0) is 38.1 Å². The Labute approximate surface area is 278 Å². The molecule has 0 saturated heterocycles. The fraction of sp³-hybridized carbons (Fsp3) is 0.526. The van der Waals surface area contributed by atoms with Crippen molar-refractivity contribution in [2.75, 3.05) is 0 Å². The molecule has 2 aromatic carbocycles. The van der Waals surface area contributed by atoms with E-state index in [1.807, 2.05) is 12.1 Å². The van der Waals surface area contributed by atoms with Gasteiger partial charge >= 0.3 is 23.9 Å². The number of benzene rings is 2. The number of ether oxygens (including phenoxy) is 4. The molecule has 6 aliphatic carbocycles. The molecule has 6 saturated carbocycles. The summed E-state index contributed by atoms with van der Waals surface area (Å²) in [4.78, 5) is 71.8. The lowest BCUT2D eigenvalue weighted by Crippen LogP contribution is -2.36. The second-order valence-electron chi connectivity index (χ2n) is 14.7. The van der Waals surface area contributed by atoms with Gasteiger partial charge in [-0.05, 0) is 61.3 Å². The van der Waals surface area contributed by atoms with E-state index >= 15 is 0 Å². The molecule has 2 unspecified atom stereocenters. The van der Waals surface area contributed by atoms with Crippen LogP contribution < -0.4 is 0 Å². The maximum Gasteiger partial charge on any atom is 0.338 e. The van der Waals surface area contributed by atoms with Gasteiger partial charge < -0.3 is 18.9 Å². The molecule has 0 heterocycles. The first-order valence-corrected chi connectivity index (χ1v) is 16.7. The fourth-order valence-corrected chi connectivity index (χ4v) is 10.7. The van der Waals surface area contributed by atoms with Gasteiger partial charge in [-0.1, -0.05) is 50.2 Å². The molecule has 10 heteroatoms. The van der Waals surface area contributed by atoms with Gasteiger partial charge in [0, 0.05) is 48.9 Å². The first-order valence-electron chi connectivity index (χ1n) is 16.7. The Morgan fingerprint density at radius 2 is 1.19 bits per heavy atom. The Bertz CT molecular complexity index is 1650. The molecule has 0 aliphatic heterocycles. The van der Waals surface area contributed by atoms with E-state index in [4.69, 9.17) is 18.9 Å². The third-order valence-corrected chi connectivity index (χ3v) is 12.9. The van der Waals surface area contributed by atoms with E-state index < -0.39 is 24.1 Å². The van der Waals surface area contributed by atoms with Crippen LogP contribution in [0.15, 0.2) is 60.7 Å². The first kappa shape index (κ1) is 32.2. The molecule has 6 aliphatic rings. The summed E-state index contributed by atoms with van der Waals surface area (Å²) in [6, 6.07) is 17.8. The van der Waals surface area contributed by atoms with Crippen LogP contribution in [0.5, 0.6) is 0 Å². The summed E-state index contributed by atoms with van der Waals surface area (Å²) < 4.78 is 22.2. The van der Waals surface area contributed by atoms with Crippen molar-refractivity contribution in [1.29, 1.82) is 0 Å². The largest absolute Gasteiger partial charge is 0.458 e. The maximum absolute atomic E-state index is 12.4. The van der Waals surface area contributed by atoms with Crippen LogP contribution in [0.1, 0.15) is 86.9 Å². The van der Waals surface area contributed by atoms with Gasteiger partial charge in [0.25, 0.3) is 0 Å². The quantitative estimate of drug-likeness (QED) is 0.306. The number of hydrogen-bond acceptors (Lipinski definition) is 10. The first-order chi connectivity index (χ1) is 22.8. The highest BCUT2D eigenvalue weighted by Gasteiger charge is 2.88. The van der Waals surface area contributed by atoms with Crippen molar-refractivity contribution in [1.82, 2.24) is 0 Å². The van der Waals surface area contributed by atoms with E-state index in [0.29, 0.717) is 30.4 Å². The predicted molar refractivity (Wildman–Crippen MR) is 168 cm³/mol. The smallest absolute Gasteiger partial charge is 0.338 e. The molecule has 0 N–H and O–H groups in total. The maximum atomic E-state index is 12.4. The summed E-state index contributed by atoms with van der Waals surface area (Å²) in [7, 11) is 0. The lowest BCUT2D eigenvalue weighted by atomic mass is 9.88. The van der Waals surface area contributed by atoms with Gasteiger partial charge in [0.1, 0.15) is 12.2 Å². The normalized spacial score (nSPS) is 39.1. The number of carbonyl (C=O) groups excluding carboxylic acids is 6. The summed E-state index contributed by atoms with van der Waals surface area (Å²) in [5.74, 6) is -1.41. The summed E-state index contributed by atoms with van der Waals surface area (Å²) in [5, 5.41) is 0. The van der Waals surface area contributed by atoms with Crippen molar-refractivity contribution < 1.29 is 47.7 Å². The summed E-state index contributed by atoms with van der Waals surface area (Å²) in [6.07, 6.45) is 2.07. The molecular weight excluding hydrogens is 616 g/mol. The van der Waals surface area contributed by atoms with Crippen LogP contribution in [0.3, 0.4) is 0 Å². The number of fused-ring (bicyclic) bond motifs is 2. The molecule has 6 fully saturated rings. The molecule has 2 spiro atoms. The molecule has 0 radical (unpaired) electrons. The molecule has 8 rings (SSSR count). The van der Waals surface area contributed by atoms with Crippen LogP contribution >= 0.6 is 0 Å². The SMILES string of the molecule is CC(=O)O[C@@H]1C(=O)C[C@@H]2C13CC[C@H](OC(=O)c1ccccc1)[C@@]23C.CC(=O)O[C@H]1C(=O)CC23CC[C@H](OC(=O)c4ccccc4)[C@@]2(C)[C@H]13. The van der Waals surface area contributed by atoms with Crippen LogP contribution in [0.25, 0.3) is 0 Å². The van der Waals surface area contributed by atoms with E-state index in [2.05, 4.69) is 13.8 Å². The molecule has 0 bridgehead atoms. The van der Waals surface area contributed by atoms with Crippen molar-refractivity contribution >= 4 is 35.4 Å².